The first-order valence-electron chi connectivity index (χ1n) is 8.05. The molecule has 0 atom stereocenters. The van der Waals surface area contributed by atoms with Gasteiger partial charge in [0, 0.05) is 31.9 Å². The molecule has 0 radical (unpaired) electrons. The molecule has 11 nitrogen and oxygen atoms in total. The van der Waals surface area contributed by atoms with Crippen LogP contribution in [0.5, 0.6) is 0 Å². The van der Waals surface area contributed by atoms with E-state index >= 15 is 0 Å². The standard InChI is InChI=1S/C16H19N9O2/c1-10-12(8-18)15(19-3-5-26)21-16(20-4-6-27)13(10)22-23-14-11(7-17)9-25(2)24-14/h9,26-27H,3-6H2,1-2H3,(H2,19,20,21). The minimum absolute atomic E-state index is 0.122. The van der Waals surface area contributed by atoms with Crippen molar-refractivity contribution in [3.8, 4) is 12.1 Å². The number of hydrogen-bond acceptors (Lipinski definition) is 10. The van der Waals surface area contributed by atoms with Gasteiger partial charge in [0.05, 0.1) is 18.8 Å². The Bertz CT molecular complexity index is 921. The molecule has 0 fully saturated rings. The van der Waals surface area contributed by atoms with E-state index in [2.05, 4.69) is 37.0 Å². The molecule has 27 heavy (non-hydrogen) atoms. The van der Waals surface area contributed by atoms with Crippen molar-refractivity contribution in [2.24, 2.45) is 17.3 Å². The number of anilines is 2. The lowest BCUT2D eigenvalue weighted by atomic mass is 10.1. The zero-order valence-corrected chi connectivity index (χ0v) is 14.9. The molecule has 0 spiro atoms. The van der Waals surface area contributed by atoms with Gasteiger partial charge in [-0.2, -0.15) is 10.5 Å². The summed E-state index contributed by atoms with van der Waals surface area (Å²) in [6.07, 6.45) is 1.52. The molecule has 0 aliphatic heterocycles. The Labute approximate surface area is 155 Å². The zero-order chi connectivity index (χ0) is 19.8. The van der Waals surface area contributed by atoms with E-state index in [0.717, 1.165) is 0 Å². The lowest BCUT2D eigenvalue weighted by Crippen LogP contribution is -2.13. The van der Waals surface area contributed by atoms with Crippen LogP contribution in [0.4, 0.5) is 23.1 Å². The maximum Gasteiger partial charge on any atom is 0.213 e. The van der Waals surface area contributed by atoms with Crippen molar-refractivity contribution in [2.75, 3.05) is 36.9 Å². The van der Waals surface area contributed by atoms with Crippen LogP contribution in [0.15, 0.2) is 16.4 Å². The summed E-state index contributed by atoms with van der Waals surface area (Å²) >= 11 is 0. The molecular formula is C16H19N9O2. The van der Waals surface area contributed by atoms with Crippen molar-refractivity contribution in [3.05, 3.63) is 22.9 Å². The van der Waals surface area contributed by atoms with E-state index in [1.54, 1.807) is 14.0 Å². The fraction of sp³-hybridized carbons (Fsp3) is 0.375. The summed E-state index contributed by atoms with van der Waals surface area (Å²) in [6.45, 7) is 1.87. The summed E-state index contributed by atoms with van der Waals surface area (Å²) < 4.78 is 1.45. The second-order valence-corrected chi connectivity index (χ2v) is 5.42. The van der Waals surface area contributed by atoms with Gasteiger partial charge in [0.2, 0.25) is 5.82 Å². The molecule has 0 aliphatic rings. The molecule has 2 heterocycles. The molecule has 0 amide bonds. The number of hydrogen-bond donors (Lipinski definition) is 4. The molecule has 0 bridgehead atoms. The molecule has 0 aromatic carbocycles. The lowest BCUT2D eigenvalue weighted by molar-refractivity contribution is 0.311. The molecule has 0 aliphatic carbocycles. The smallest absolute Gasteiger partial charge is 0.213 e. The van der Waals surface area contributed by atoms with E-state index in [9.17, 15) is 5.26 Å². The van der Waals surface area contributed by atoms with Gasteiger partial charge in [0.25, 0.3) is 0 Å². The molecule has 2 aromatic rings. The van der Waals surface area contributed by atoms with Crippen LogP contribution in [-0.2, 0) is 7.05 Å². The fourth-order valence-electron chi connectivity index (χ4n) is 2.28. The highest BCUT2D eigenvalue weighted by Gasteiger charge is 2.17. The highest BCUT2D eigenvalue weighted by Crippen LogP contribution is 2.34. The minimum atomic E-state index is -0.129. The first-order chi connectivity index (χ1) is 13.0. The predicted molar refractivity (Wildman–Crippen MR) is 96.9 cm³/mol. The average Bonchev–Trinajstić information content (AvgIpc) is 3.03. The number of aryl methyl sites for hydroxylation is 1. The SMILES string of the molecule is Cc1c(C#N)c(NCCO)nc(NCCO)c1N=Nc1nn(C)cc1C#N. The van der Waals surface area contributed by atoms with Crippen molar-refractivity contribution < 1.29 is 10.2 Å². The summed E-state index contributed by atoms with van der Waals surface area (Å²) in [7, 11) is 1.66. The van der Waals surface area contributed by atoms with Crippen LogP contribution in [-0.4, -0.2) is 51.3 Å². The Morgan fingerprint density at radius 3 is 2.37 bits per heavy atom. The van der Waals surface area contributed by atoms with Gasteiger partial charge >= 0.3 is 0 Å². The molecule has 11 heteroatoms. The number of aliphatic hydroxyl groups is 2. The van der Waals surface area contributed by atoms with Crippen LogP contribution in [0.2, 0.25) is 0 Å². The number of nitrogens with zero attached hydrogens (tertiary/aromatic N) is 7. The molecule has 4 N–H and O–H groups in total. The number of nitriles is 2. The van der Waals surface area contributed by atoms with E-state index < -0.39 is 0 Å². The Kier molecular flexibility index (Phi) is 6.77. The van der Waals surface area contributed by atoms with Gasteiger partial charge < -0.3 is 20.8 Å². The monoisotopic (exact) mass is 369 g/mol. The zero-order valence-electron chi connectivity index (χ0n) is 14.9. The number of pyridine rings is 1. The summed E-state index contributed by atoms with van der Waals surface area (Å²) in [6, 6.07) is 4.05. The van der Waals surface area contributed by atoms with Crippen LogP contribution >= 0.6 is 0 Å². The van der Waals surface area contributed by atoms with E-state index in [1.807, 2.05) is 6.07 Å². The van der Waals surface area contributed by atoms with Gasteiger partial charge in [-0.15, -0.1) is 15.3 Å². The third kappa shape index (κ3) is 4.55. The maximum absolute atomic E-state index is 9.48. The van der Waals surface area contributed by atoms with Crippen molar-refractivity contribution in [2.45, 2.75) is 6.92 Å². The molecule has 2 rings (SSSR count). The van der Waals surface area contributed by atoms with Crippen LogP contribution in [0, 0.1) is 29.6 Å². The Morgan fingerprint density at radius 2 is 1.78 bits per heavy atom. The first-order valence-corrected chi connectivity index (χ1v) is 8.05. The van der Waals surface area contributed by atoms with Crippen molar-refractivity contribution in [1.29, 1.82) is 10.5 Å². The molecule has 0 saturated carbocycles. The van der Waals surface area contributed by atoms with Crippen LogP contribution in [0.1, 0.15) is 16.7 Å². The molecule has 140 valence electrons. The number of aromatic nitrogens is 3. The van der Waals surface area contributed by atoms with Crippen LogP contribution in [0.3, 0.4) is 0 Å². The predicted octanol–water partition coefficient (Wildman–Crippen LogP) is 1.09. The summed E-state index contributed by atoms with van der Waals surface area (Å²) in [5.74, 6) is 0.742. The van der Waals surface area contributed by atoms with E-state index in [-0.39, 0.29) is 43.2 Å². The minimum Gasteiger partial charge on any atom is -0.395 e. The number of azo groups is 1. The largest absolute Gasteiger partial charge is 0.395 e. The summed E-state index contributed by atoms with van der Waals surface area (Å²) in [5.41, 5.74) is 1.32. The Morgan fingerprint density at radius 1 is 1.11 bits per heavy atom. The third-order valence-corrected chi connectivity index (χ3v) is 3.51. The normalized spacial score (nSPS) is 10.6. The summed E-state index contributed by atoms with van der Waals surface area (Å²) in [5, 5.41) is 54.7. The van der Waals surface area contributed by atoms with Gasteiger partial charge in [-0.25, -0.2) is 4.98 Å². The second kappa shape index (κ2) is 9.24. The topological polar surface area (TPSA) is 168 Å². The second-order valence-electron chi connectivity index (χ2n) is 5.42. The van der Waals surface area contributed by atoms with Gasteiger partial charge in [0.15, 0.2) is 5.82 Å². The number of aliphatic hydroxyl groups excluding tert-OH is 2. The highest BCUT2D eigenvalue weighted by atomic mass is 16.3. The van der Waals surface area contributed by atoms with Crippen molar-refractivity contribution >= 4 is 23.1 Å². The van der Waals surface area contributed by atoms with Crippen molar-refractivity contribution in [3.63, 3.8) is 0 Å². The quantitative estimate of drug-likeness (QED) is 0.501. The number of nitrogens with one attached hydrogen (secondary N) is 2. The molecular weight excluding hydrogens is 350 g/mol. The van der Waals surface area contributed by atoms with E-state index in [1.165, 1.54) is 10.9 Å². The van der Waals surface area contributed by atoms with Gasteiger partial charge in [-0.05, 0) is 6.92 Å². The third-order valence-electron chi connectivity index (χ3n) is 3.51. The number of rotatable bonds is 8. The van der Waals surface area contributed by atoms with E-state index in [0.29, 0.717) is 22.9 Å². The van der Waals surface area contributed by atoms with Crippen molar-refractivity contribution in [1.82, 2.24) is 14.8 Å². The fourth-order valence-corrected chi connectivity index (χ4v) is 2.28. The Balaban J connectivity index is 2.53. The average molecular weight is 369 g/mol. The molecule has 0 saturated heterocycles. The van der Waals surface area contributed by atoms with Gasteiger partial charge in [-0.3, -0.25) is 4.68 Å². The molecule has 2 aromatic heterocycles. The van der Waals surface area contributed by atoms with Crippen LogP contribution < -0.4 is 10.6 Å². The van der Waals surface area contributed by atoms with Gasteiger partial charge in [-0.1, -0.05) is 0 Å². The van der Waals surface area contributed by atoms with E-state index in [4.69, 9.17) is 15.5 Å². The lowest BCUT2D eigenvalue weighted by Gasteiger charge is -2.14. The first kappa shape index (κ1) is 19.8. The van der Waals surface area contributed by atoms with Crippen LogP contribution in [0.25, 0.3) is 0 Å². The molecule has 0 unspecified atom stereocenters. The van der Waals surface area contributed by atoms with Gasteiger partial charge in [0.1, 0.15) is 29.2 Å². The Hall–Kier alpha value is -3.54. The highest BCUT2D eigenvalue weighted by molar-refractivity contribution is 5.74. The maximum atomic E-state index is 9.48. The summed E-state index contributed by atoms with van der Waals surface area (Å²) in [4.78, 5) is 4.33.